The van der Waals surface area contributed by atoms with Crippen LogP contribution >= 0.6 is 0 Å². The van der Waals surface area contributed by atoms with Crippen LogP contribution in [-0.4, -0.2) is 11.6 Å². The van der Waals surface area contributed by atoms with Crippen LogP contribution in [0.1, 0.15) is 26.2 Å². The molecule has 1 aromatic carbocycles. The Morgan fingerprint density at radius 1 is 1.20 bits per heavy atom. The molecule has 2 rings (SSSR count). The first-order valence-electron chi connectivity index (χ1n) is 5.60. The van der Waals surface area contributed by atoms with Gasteiger partial charge in [-0.1, -0.05) is 25.8 Å². The minimum atomic E-state index is 0.818. The number of hydrogen-bond donors (Lipinski definition) is 1. The summed E-state index contributed by atoms with van der Waals surface area (Å²) in [7, 11) is 0. The lowest BCUT2D eigenvalue weighted by Gasteiger charge is -2.06. The zero-order valence-corrected chi connectivity index (χ0v) is 9.12. The molecule has 2 aromatic rings. The van der Waals surface area contributed by atoms with Crippen molar-refractivity contribution in [3.05, 3.63) is 30.5 Å². The van der Waals surface area contributed by atoms with Crippen molar-refractivity contribution >= 4 is 10.9 Å². The van der Waals surface area contributed by atoms with E-state index in [2.05, 4.69) is 24.0 Å². The average Bonchev–Trinajstić information content (AvgIpc) is 2.73. The Labute approximate surface area is 90.3 Å². The maximum absolute atomic E-state index is 5.76. The number of hydrogen-bond acceptors (Lipinski definition) is 1. The molecule has 1 heterocycles. The number of fused-ring (bicyclic) bond motifs is 1. The second-order valence-corrected chi connectivity index (χ2v) is 3.75. The molecule has 0 fully saturated rings. The molecule has 0 saturated carbocycles. The van der Waals surface area contributed by atoms with E-state index in [0.29, 0.717) is 0 Å². The summed E-state index contributed by atoms with van der Waals surface area (Å²) in [6.07, 6.45) is 5.56. The van der Waals surface area contributed by atoms with Gasteiger partial charge in [-0.15, -0.1) is 0 Å². The fraction of sp³-hybridized carbons (Fsp3) is 0.385. The highest BCUT2D eigenvalue weighted by Gasteiger charge is 2.01. The summed E-state index contributed by atoms with van der Waals surface area (Å²) in [6, 6.07) is 8.18. The van der Waals surface area contributed by atoms with Crippen LogP contribution in [0.3, 0.4) is 0 Å². The van der Waals surface area contributed by atoms with Gasteiger partial charge in [0.05, 0.1) is 6.61 Å². The first-order valence-corrected chi connectivity index (χ1v) is 5.60. The molecule has 80 valence electrons. The molecule has 0 amide bonds. The van der Waals surface area contributed by atoms with Crippen LogP contribution in [0.2, 0.25) is 0 Å². The van der Waals surface area contributed by atoms with Gasteiger partial charge in [0.25, 0.3) is 0 Å². The lowest BCUT2D eigenvalue weighted by molar-refractivity contribution is 0.310. The van der Waals surface area contributed by atoms with Crippen molar-refractivity contribution in [2.24, 2.45) is 0 Å². The number of aromatic nitrogens is 1. The van der Waals surface area contributed by atoms with Gasteiger partial charge in [-0.25, -0.2) is 0 Å². The van der Waals surface area contributed by atoms with Crippen LogP contribution in [-0.2, 0) is 0 Å². The molecule has 0 aliphatic carbocycles. The zero-order chi connectivity index (χ0) is 10.5. The van der Waals surface area contributed by atoms with Gasteiger partial charge < -0.3 is 9.72 Å². The molecule has 1 N–H and O–H groups in total. The summed E-state index contributed by atoms with van der Waals surface area (Å²) in [5.74, 6) is 0.991. The molecule has 0 radical (unpaired) electrons. The quantitative estimate of drug-likeness (QED) is 0.736. The number of ether oxygens (including phenoxy) is 1. The van der Waals surface area contributed by atoms with E-state index in [0.717, 1.165) is 24.3 Å². The topological polar surface area (TPSA) is 25.0 Å². The van der Waals surface area contributed by atoms with Gasteiger partial charge >= 0.3 is 0 Å². The summed E-state index contributed by atoms with van der Waals surface area (Å²) in [4.78, 5) is 3.18. The highest BCUT2D eigenvalue weighted by atomic mass is 16.5. The smallest absolute Gasteiger partial charge is 0.128 e. The molecule has 0 spiro atoms. The maximum atomic E-state index is 5.76. The Balaban J connectivity index is 2.04. The predicted octanol–water partition coefficient (Wildman–Crippen LogP) is 3.74. The maximum Gasteiger partial charge on any atom is 0.128 e. The molecular formula is C13H17NO. The monoisotopic (exact) mass is 203 g/mol. The molecule has 0 saturated heterocycles. The SMILES string of the molecule is CCCCCOc1cccc2[nH]ccc12. The summed E-state index contributed by atoms with van der Waals surface area (Å²) in [5.41, 5.74) is 1.14. The van der Waals surface area contributed by atoms with E-state index in [1.54, 1.807) is 0 Å². The van der Waals surface area contributed by atoms with E-state index < -0.39 is 0 Å². The Morgan fingerprint density at radius 3 is 3.00 bits per heavy atom. The third-order valence-electron chi connectivity index (χ3n) is 2.56. The van der Waals surface area contributed by atoms with E-state index in [-0.39, 0.29) is 0 Å². The van der Waals surface area contributed by atoms with Gasteiger partial charge in [0, 0.05) is 17.1 Å². The van der Waals surface area contributed by atoms with Crippen molar-refractivity contribution in [3.8, 4) is 5.75 Å². The molecule has 0 unspecified atom stereocenters. The molecule has 0 bridgehead atoms. The van der Waals surface area contributed by atoms with Gasteiger partial charge in [0.1, 0.15) is 5.75 Å². The van der Waals surface area contributed by atoms with Crippen LogP contribution in [0, 0.1) is 0 Å². The molecule has 0 aliphatic heterocycles. The zero-order valence-electron chi connectivity index (χ0n) is 9.12. The van der Waals surface area contributed by atoms with Crippen molar-refractivity contribution in [2.45, 2.75) is 26.2 Å². The molecule has 1 aromatic heterocycles. The largest absolute Gasteiger partial charge is 0.493 e. The van der Waals surface area contributed by atoms with Crippen molar-refractivity contribution in [2.75, 3.05) is 6.61 Å². The average molecular weight is 203 g/mol. The number of aromatic amines is 1. The Hall–Kier alpha value is -1.44. The highest BCUT2D eigenvalue weighted by molar-refractivity contribution is 5.85. The number of nitrogens with one attached hydrogen (secondary N) is 1. The predicted molar refractivity (Wildman–Crippen MR) is 63.3 cm³/mol. The third-order valence-corrected chi connectivity index (χ3v) is 2.56. The normalized spacial score (nSPS) is 10.7. The van der Waals surface area contributed by atoms with Crippen molar-refractivity contribution in [1.29, 1.82) is 0 Å². The van der Waals surface area contributed by atoms with Crippen molar-refractivity contribution < 1.29 is 4.74 Å². The minimum Gasteiger partial charge on any atom is -0.493 e. The second-order valence-electron chi connectivity index (χ2n) is 3.75. The molecule has 2 nitrogen and oxygen atoms in total. The Bertz CT molecular complexity index is 419. The van der Waals surface area contributed by atoms with Gasteiger partial charge in [0.15, 0.2) is 0 Å². The summed E-state index contributed by atoms with van der Waals surface area (Å²) >= 11 is 0. The molecule has 0 aliphatic rings. The van der Waals surface area contributed by atoms with E-state index in [4.69, 9.17) is 4.74 Å². The van der Waals surface area contributed by atoms with Crippen LogP contribution in [0.25, 0.3) is 10.9 Å². The van der Waals surface area contributed by atoms with Crippen LogP contribution in [0.5, 0.6) is 5.75 Å². The fourth-order valence-electron chi connectivity index (χ4n) is 1.72. The summed E-state index contributed by atoms with van der Waals surface area (Å²) in [6.45, 7) is 3.02. The lowest BCUT2D eigenvalue weighted by Crippen LogP contribution is -1.96. The van der Waals surface area contributed by atoms with Crippen LogP contribution < -0.4 is 4.74 Å². The Morgan fingerprint density at radius 2 is 2.13 bits per heavy atom. The summed E-state index contributed by atoms with van der Waals surface area (Å²) in [5, 5.41) is 1.17. The van der Waals surface area contributed by atoms with E-state index in [1.165, 1.54) is 18.2 Å². The van der Waals surface area contributed by atoms with Crippen LogP contribution in [0.15, 0.2) is 30.5 Å². The van der Waals surface area contributed by atoms with Gasteiger partial charge in [0.2, 0.25) is 0 Å². The molecule has 0 atom stereocenters. The fourth-order valence-corrected chi connectivity index (χ4v) is 1.72. The summed E-state index contributed by atoms with van der Waals surface area (Å²) < 4.78 is 5.76. The standard InChI is InChI=1S/C13H17NO/c1-2-3-4-10-15-13-7-5-6-12-11(13)8-9-14-12/h5-9,14H,2-4,10H2,1H3. The number of unbranched alkanes of at least 4 members (excludes halogenated alkanes) is 2. The van der Waals surface area contributed by atoms with Crippen LogP contribution in [0.4, 0.5) is 0 Å². The molecule has 15 heavy (non-hydrogen) atoms. The van der Waals surface area contributed by atoms with Crippen molar-refractivity contribution in [3.63, 3.8) is 0 Å². The van der Waals surface area contributed by atoms with Gasteiger partial charge in [-0.05, 0) is 24.6 Å². The lowest BCUT2D eigenvalue weighted by atomic mass is 10.2. The minimum absolute atomic E-state index is 0.818. The van der Waals surface area contributed by atoms with E-state index in [9.17, 15) is 0 Å². The molecule has 2 heteroatoms. The second kappa shape index (κ2) is 4.87. The first kappa shape index (κ1) is 10.1. The van der Waals surface area contributed by atoms with E-state index in [1.807, 2.05) is 18.3 Å². The number of rotatable bonds is 5. The van der Waals surface area contributed by atoms with Gasteiger partial charge in [-0.2, -0.15) is 0 Å². The number of H-pyrrole nitrogens is 1. The molecular weight excluding hydrogens is 186 g/mol. The van der Waals surface area contributed by atoms with E-state index >= 15 is 0 Å². The highest BCUT2D eigenvalue weighted by Crippen LogP contribution is 2.24. The number of benzene rings is 1. The van der Waals surface area contributed by atoms with Gasteiger partial charge in [-0.3, -0.25) is 0 Å². The first-order chi connectivity index (χ1) is 7.42. The van der Waals surface area contributed by atoms with Crippen molar-refractivity contribution in [1.82, 2.24) is 4.98 Å². The Kier molecular flexibility index (Phi) is 3.28. The third kappa shape index (κ3) is 2.32.